The highest BCUT2D eigenvalue weighted by Crippen LogP contribution is 2.34. The van der Waals surface area contributed by atoms with Gasteiger partial charge in [-0.15, -0.1) is 0 Å². The molecule has 0 bridgehead atoms. The topological polar surface area (TPSA) is 28.2 Å². The van der Waals surface area contributed by atoms with Crippen molar-refractivity contribution >= 4 is 5.69 Å². The quantitative estimate of drug-likeness (QED) is 0.939. The number of piperidine rings is 1. The van der Waals surface area contributed by atoms with Crippen molar-refractivity contribution < 1.29 is 0 Å². The van der Waals surface area contributed by atoms with Gasteiger partial charge in [-0.1, -0.05) is 24.3 Å². The minimum Gasteiger partial charge on any atom is -0.371 e. The lowest BCUT2D eigenvalue weighted by Gasteiger charge is -2.36. The average molecular weight is 293 g/mol. The van der Waals surface area contributed by atoms with Crippen molar-refractivity contribution in [3.05, 3.63) is 59.9 Å². The summed E-state index contributed by atoms with van der Waals surface area (Å²) in [5.41, 5.74) is 4.41. The first-order valence-corrected chi connectivity index (χ1v) is 8.36. The SMILES string of the molecule is c1ccc2c(c1)CC2CNC1CCN(c2ccncc2)CC1. The van der Waals surface area contributed by atoms with Gasteiger partial charge in [-0.25, -0.2) is 0 Å². The number of fused-ring (bicyclic) bond motifs is 1. The van der Waals surface area contributed by atoms with Crippen LogP contribution in [0, 0.1) is 0 Å². The van der Waals surface area contributed by atoms with E-state index in [1.165, 1.54) is 24.9 Å². The molecule has 4 rings (SSSR count). The number of pyridine rings is 1. The second kappa shape index (κ2) is 6.09. The summed E-state index contributed by atoms with van der Waals surface area (Å²) in [6, 6.07) is 13.8. The summed E-state index contributed by atoms with van der Waals surface area (Å²) >= 11 is 0. The van der Waals surface area contributed by atoms with Crippen molar-refractivity contribution in [2.24, 2.45) is 0 Å². The molecular formula is C19H23N3. The fourth-order valence-electron chi connectivity index (χ4n) is 3.75. The Morgan fingerprint density at radius 1 is 1.05 bits per heavy atom. The van der Waals surface area contributed by atoms with Gasteiger partial charge in [0, 0.05) is 49.7 Å². The summed E-state index contributed by atoms with van der Waals surface area (Å²) in [7, 11) is 0. The van der Waals surface area contributed by atoms with Crippen LogP contribution in [0.4, 0.5) is 5.69 Å². The Balaban J connectivity index is 1.25. The van der Waals surface area contributed by atoms with Crippen LogP contribution in [0.1, 0.15) is 29.9 Å². The fraction of sp³-hybridized carbons (Fsp3) is 0.421. The molecule has 1 aromatic carbocycles. The van der Waals surface area contributed by atoms with Crippen molar-refractivity contribution in [3.8, 4) is 0 Å². The molecule has 1 aliphatic heterocycles. The van der Waals surface area contributed by atoms with Crippen molar-refractivity contribution in [1.29, 1.82) is 0 Å². The van der Waals surface area contributed by atoms with Crippen LogP contribution >= 0.6 is 0 Å². The van der Waals surface area contributed by atoms with Crippen molar-refractivity contribution in [2.45, 2.75) is 31.2 Å². The molecule has 1 fully saturated rings. The Labute approximate surface area is 132 Å². The van der Waals surface area contributed by atoms with Gasteiger partial charge < -0.3 is 10.2 Å². The predicted molar refractivity (Wildman–Crippen MR) is 90.4 cm³/mol. The van der Waals surface area contributed by atoms with E-state index in [1.807, 2.05) is 12.4 Å². The molecule has 1 saturated heterocycles. The number of nitrogens with zero attached hydrogens (tertiary/aromatic N) is 2. The van der Waals surface area contributed by atoms with E-state index in [9.17, 15) is 0 Å². The summed E-state index contributed by atoms with van der Waals surface area (Å²) in [6.45, 7) is 3.42. The molecule has 114 valence electrons. The molecule has 0 amide bonds. The fourth-order valence-corrected chi connectivity index (χ4v) is 3.75. The number of benzene rings is 1. The summed E-state index contributed by atoms with van der Waals surface area (Å²) < 4.78 is 0. The van der Waals surface area contributed by atoms with Gasteiger partial charge in [0.05, 0.1) is 0 Å². The standard InChI is InChI=1S/C19H23N3/c1-2-4-19-15(3-1)13-16(19)14-21-17-7-11-22(12-8-17)18-5-9-20-10-6-18/h1-6,9-10,16-17,21H,7-8,11-14H2. The summed E-state index contributed by atoms with van der Waals surface area (Å²) in [5, 5.41) is 3.80. The Morgan fingerprint density at radius 3 is 2.59 bits per heavy atom. The molecular weight excluding hydrogens is 270 g/mol. The minimum absolute atomic E-state index is 0.672. The number of aromatic nitrogens is 1. The molecule has 1 N–H and O–H groups in total. The molecule has 1 unspecified atom stereocenters. The van der Waals surface area contributed by atoms with E-state index in [0.29, 0.717) is 6.04 Å². The number of hydrogen-bond acceptors (Lipinski definition) is 3. The lowest BCUT2D eigenvalue weighted by Crippen LogP contribution is -2.44. The first-order chi connectivity index (χ1) is 10.9. The smallest absolute Gasteiger partial charge is 0.0397 e. The first kappa shape index (κ1) is 13.8. The lowest BCUT2D eigenvalue weighted by molar-refractivity contribution is 0.393. The van der Waals surface area contributed by atoms with Gasteiger partial charge >= 0.3 is 0 Å². The van der Waals surface area contributed by atoms with E-state index >= 15 is 0 Å². The summed E-state index contributed by atoms with van der Waals surface area (Å²) in [6.07, 6.45) is 7.48. The Bertz CT molecular complexity index is 618. The van der Waals surface area contributed by atoms with Crippen LogP contribution in [-0.2, 0) is 6.42 Å². The van der Waals surface area contributed by atoms with Gasteiger partial charge in [-0.05, 0) is 42.5 Å². The normalized spacial score (nSPS) is 21.3. The van der Waals surface area contributed by atoms with E-state index in [0.717, 1.165) is 25.6 Å². The molecule has 3 heteroatoms. The van der Waals surface area contributed by atoms with E-state index in [2.05, 4.69) is 51.6 Å². The first-order valence-electron chi connectivity index (χ1n) is 8.36. The third kappa shape index (κ3) is 2.73. The highest BCUT2D eigenvalue weighted by atomic mass is 15.1. The van der Waals surface area contributed by atoms with Crippen LogP contribution in [0.2, 0.25) is 0 Å². The average Bonchev–Trinajstić information content (AvgIpc) is 2.57. The van der Waals surface area contributed by atoms with Crippen LogP contribution < -0.4 is 10.2 Å². The van der Waals surface area contributed by atoms with Crippen LogP contribution in [-0.4, -0.2) is 30.7 Å². The predicted octanol–water partition coefficient (Wildman–Crippen LogP) is 2.98. The lowest BCUT2D eigenvalue weighted by atomic mass is 9.77. The highest BCUT2D eigenvalue weighted by molar-refractivity contribution is 5.45. The molecule has 22 heavy (non-hydrogen) atoms. The van der Waals surface area contributed by atoms with Gasteiger partial charge in [0.25, 0.3) is 0 Å². The number of nitrogens with one attached hydrogen (secondary N) is 1. The molecule has 2 heterocycles. The Hall–Kier alpha value is -1.87. The third-order valence-corrected chi connectivity index (χ3v) is 5.14. The molecule has 0 spiro atoms. The maximum atomic E-state index is 4.10. The van der Waals surface area contributed by atoms with Crippen LogP contribution in [0.15, 0.2) is 48.8 Å². The monoisotopic (exact) mass is 293 g/mol. The molecule has 1 aliphatic carbocycles. The van der Waals surface area contributed by atoms with Crippen LogP contribution in [0.3, 0.4) is 0 Å². The highest BCUT2D eigenvalue weighted by Gasteiger charge is 2.26. The molecule has 2 aliphatic rings. The number of anilines is 1. The van der Waals surface area contributed by atoms with E-state index in [1.54, 1.807) is 11.1 Å². The zero-order chi connectivity index (χ0) is 14.8. The number of hydrogen-bond donors (Lipinski definition) is 1. The van der Waals surface area contributed by atoms with Gasteiger partial charge in [0.15, 0.2) is 0 Å². The van der Waals surface area contributed by atoms with Crippen LogP contribution in [0.25, 0.3) is 0 Å². The maximum Gasteiger partial charge on any atom is 0.0397 e. The van der Waals surface area contributed by atoms with Crippen molar-refractivity contribution in [3.63, 3.8) is 0 Å². The molecule has 1 atom stereocenters. The van der Waals surface area contributed by atoms with Gasteiger partial charge in [0.2, 0.25) is 0 Å². The summed E-state index contributed by atoms with van der Waals surface area (Å²) in [5.74, 6) is 0.731. The van der Waals surface area contributed by atoms with E-state index in [-0.39, 0.29) is 0 Å². The Morgan fingerprint density at radius 2 is 1.82 bits per heavy atom. The molecule has 2 aromatic rings. The summed E-state index contributed by atoms with van der Waals surface area (Å²) in [4.78, 5) is 6.57. The number of rotatable bonds is 4. The zero-order valence-corrected chi connectivity index (χ0v) is 12.9. The zero-order valence-electron chi connectivity index (χ0n) is 12.9. The second-order valence-corrected chi connectivity index (χ2v) is 6.47. The van der Waals surface area contributed by atoms with E-state index in [4.69, 9.17) is 0 Å². The van der Waals surface area contributed by atoms with Crippen molar-refractivity contribution in [1.82, 2.24) is 10.3 Å². The van der Waals surface area contributed by atoms with Gasteiger partial charge in [0.1, 0.15) is 0 Å². The largest absolute Gasteiger partial charge is 0.371 e. The molecule has 1 aromatic heterocycles. The Kier molecular flexibility index (Phi) is 3.81. The van der Waals surface area contributed by atoms with E-state index < -0.39 is 0 Å². The molecule has 0 saturated carbocycles. The molecule has 3 nitrogen and oxygen atoms in total. The van der Waals surface area contributed by atoms with Crippen molar-refractivity contribution in [2.75, 3.05) is 24.5 Å². The molecule has 0 radical (unpaired) electrons. The maximum absolute atomic E-state index is 4.10. The van der Waals surface area contributed by atoms with Gasteiger partial charge in [-0.3, -0.25) is 4.98 Å². The minimum atomic E-state index is 0.672. The second-order valence-electron chi connectivity index (χ2n) is 6.47. The third-order valence-electron chi connectivity index (χ3n) is 5.14. The van der Waals surface area contributed by atoms with Crippen LogP contribution in [0.5, 0.6) is 0 Å². The van der Waals surface area contributed by atoms with Gasteiger partial charge in [-0.2, -0.15) is 0 Å².